The number of hydrazine groups is 1. The van der Waals surface area contributed by atoms with E-state index in [0.29, 0.717) is 0 Å². The number of rotatable bonds is 4. The molecule has 4 nitrogen and oxygen atoms in total. The molecule has 0 aliphatic heterocycles. The molecular weight excluding hydrogens is 196 g/mol. The quantitative estimate of drug-likeness (QED) is 0.523. The molecule has 5 heteroatoms. The van der Waals surface area contributed by atoms with Crippen molar-refractivity contribution in [2.75, 3.05) is 0 Å². The van der Waals surface area contributed by atoms with Crippen LogP contribution in [0, 0.1) is 0 Å². The molecule has 0 saturated carbocycles. The number of nitrogens with zero attached hydrogens (tertiary/aromatic N) is 1. The average molecular weight is 208 g/mol. The van der Waals surface area contributed by atoms with E-state index >= 15 is 0 Å². The van der Waals surface area contributed by atoms with Gasteiger partial charge in [0.15, 0.2) is 0 Å². The Balaban J connectivity index is 2.08. The van der Waals surface area contributed by atoms with Crippen LogP contribution in [0.2, 0.25) is 0 Å². The number of nitrogens with two attached hydrogens (primary N) is 1. The van der Waals surface area contributed by atoms with Crippen LogP contribution >= 0.6 is 11.3 Å². The van der Waals surface area contributed by atoms with Gasteiger partial charge in [0.25, 0.3) is 0 Å². The van der Waals surface area contributed by atoms with Gasteiger partial charge in [-0.15, -0.1) is 11.3 Å². The van der Waals surface area contributed by atoms with Gasteiger partial charge in [-0.05, 0) is 11.4 Å². The van der Waals surface area contributed by atoms with Gasteiger partial charge in [0.2, 0.25) is 0 Å². The Labute approximate surface area is 86.1 Å². The van der Waals surface area contributed by atoms with Crippen LogP contribution in [0.3, 0.4) is 0 Å². The zero-order valence-corrected chi connectivity index (χ0v) is 8.42. The van der Waals surface area contributed by atoms with Crippen LogP contribution in [0.4, 0.5) is 0 Å². The lowest BCUT2D eigenvalue weighted by molar-refractivity contribution is 0.531. The molecule has 1 atom stereocenters. The van der Waals surface area contributed by atoms with E-state index in [0.717, 1.165) is 12.2 Å². The standard InChI is InChI=1S/C9H12N4S/c10-13-8(9-11-3-4-12-9)6-7-2-1-5-14-7/h1-5,8,13H,6,10H2,(H,11,12). The molecule has 1 unspecified atom stereocenters. The minimum absolute atomic E-state index is 0.0589. The lowest BCUT2D eigenvalue weighted by Gasteiger charge is -2.11. The largest absolute Gasteiger partial charge is 0.347 e. The van der Waals surface area contributed by atoms with Gasteiger partial charge in [-0.2, -0.15) is 0 Å². The zero-order chi connectivity index (χ0) is 9.80. The second kappa shape index (κ2) is 4.36. The van der Waals surface area contributed by atoms with Gasteiger partial charge in [0.05, 0.1) is 6.04 Å². The molecule has 0 aliphatic carbocycles. The zero-order valence-electron chi connectivity index (χ0n) is 7.60. The number of hydrogen-bond acceptors (Lipinski definition) is 4. The fourth-order valence-corrected chi connectivity index (χ4v) is 2.08. The third kappa shape index (κ3) is 2.01. The molecular formula is C9H12N4S. The van der Waals surface area contributed by atoms with E-state index in [4.69, 9.17) is 5.84 Å². The summed E-state index contributed by atoms with van der Waals surface area (Å²) in [6.45, 7) is 0. The van der Waals surface area contributed by atoms with Crippen LogP contribution in [-0.2, 0) is 6.42 Å². The molecule has 0 amide bonds. The first kappa shape index (κ1) is 9.39. The number of imidazole rings is 1. The smallest absolute Gasteiger partial charge is 0.124 e. The van der Waals surface area contributed by atoms with Gasteiger partial charge in [-0.3, -0.25) is 5.84 Å². The van der Waals surface area contributed by atoms with Crippen molar-refractivity contribution in [3.63, 3.8) is 0 Å². The minimum atomic E-state index is 0.0589. The van der Waals surface area contributed by atoms with Crippen molar-refractivity contribution in [3.8, 4) is 0 Å². The molecule has 14 heavy (non-hydrogen) atoms. The van der Waals surface area contributed by atoms with Gasteiger partial charge < -0.3 is 4.98 Å². The van der Waals surface area contributed by atoms with Crippen molar-refractivity contribution in [1.29, 1.82) is 0 Å². The summed E-state index contributed by atoms with van der Waals surface area (Å²) in [6.07, 6.45) is 4.39. The third-order valence-electron chi connectivity index (χ3n) is 2.04. The van der Waals surface area contributed by atoms with Gasteiger partial charge in [0, 0.05) is 23.7 Å². The first-order valence-electron chi connectivity index (χ1n) is 4.38. The normalized spacial score (nSPS) is 12.9. The fraction of sp³-hybridized carbons (Fsp3) is 0.222. The second-order valence-electron chi connectivity index (χ2n) is 2.98. The first-order valence-corrected chi connectivity index (χ1v) is 5.26. The van der Waals surface area contributed by atoms with Gasteiger partial charge in [-0.1, -0.05) is 6.07 Å². The predicted octanol–water partition coefficient (Wildman–Crippen LogP) is 1.22. The Kier molecular flexibility index (Phi) is 2.93. The molecule has 0 aromatic carbocycles. The molecule has 0 fully saturated rings. The van der Waals surface area contributed by atoms with Crippen molar-refractivity contribution < 1.29 is 0 Å². The number of thiophene rings is 1. The van der Waals surface area contributed by atoms with E-state index in [1.165, 1.54) is 4.88 Å². The van der Waals surface area contributed by atoms with E-state index in [9.17, 15) is 0 Å². The van der Waals surface area contributed by atoms with Gasteiger partial charge in [-0.25, -0.2) is 10.4 Å². The Morgan fingerprint density at radius 2 is 2.57 bits per heavy atom. The summed E-state index contributed by atoms with van der Waals surface area (Å²) in [5.74, 6) is 6.35. The number of hydrogen-bond donors (Lipinski definition) is 3. The Hall–Kier alpha value is -1.17. The fourth-order valence-electron chi connectivity index (χ4n) is 1.33. The second-order valence-corrected chi connectivity index (χ2v) is 4.01. The maximum absolute atomic E-state index is 5.48. The van der Waals surface area contributed by atoms with E-state index in [-0.39, 0.29) is 6.04 Å². The summed E-state index contributed by atoms with van der Waals surface area (Å²) in [5.41, 5.74) is 2.76. The predicted molar refractivity (Wildman–Crippen MR) is 56.7 cm³/mol. The molecule has 0 bridgehead atoms. The van der Waals surface area contributed by atoms with Crippen molar-refractivity contribution >= 4 is 11.3 Å². The monoisotopic (exact) mass is 208 g/mol. The topological polar surface area (TPSA) is 66.7 Å². The van der Waals surface area contributed by atoms with E-state index in [1.807, 2.05) is 6.07 Å². The SMILES string of the molecule is NNC(Cc1cccs1)c1ncc[nH]1. The maximum Gasteiger partial charge on any atom is 0.124 e. The van der Waals surface area contributed by atoms with Crippen LogP contribution in [0.5, 0.6) is 0 Å². The summed E-state index contributed by atoms with van der Waals surface area (Å²) in [5, 5.41) is 2.06. The molecule has 74 valence electrons. The molecule has 2 heterocycles. The van der Waals surface area contributed by atoms with Crippen LogP contribution < -0.4 is 11.3 Å². The van der Waals surface area contributed by atoms with Crippen LogP contribution in [0.1, 0.15) is 16.7 Å². The molecule has 4 N–H and O–H groups in total. The highest BCUT2D eigenvalue weighted by Gasteiger charge is 2.12. The lowest BCUT2D eigenvalue weighted by atomic mass is 10.2. The van der Waals surface area contributed by atoms with Crippen molar-refractivity contribution in [2.45, 2.75) is 12.5 Å². The Bertz CT molecular complexity index is 354. The summed E-state index contributed by atoms with van der Waals surface area (Å²) in [4.78, 5) is 8.52. The molecule has 0 aliphatic rings. The molecule has 0 radical (unpaired) electrons. The van der Waals surface area contributed by atoms with Crippen molar-refractivity contribution in [2.24, 2.45) is 5.84 Å². The van der Waals surface area contributed by atoms with Crippen molar-refractivity contribution in [1.82, 2.24) is 15.4 Å². The highest BCUT2D eigenvalue weighted by Crippen LogP contribution is 2.17. The summed E-state index contributed by atoms with van der Waals surface area (Å²) < 4.78 is 0. The van der Waals surface area contributed by atoms with Crippen LogP contribution in [-0.4, -0.2) is 9.97 Å². The molecule has 2 rings (SSSR count). The van der Waals surface area contributed by atoms with Crippen LogP contribution in [0.25, 0.3) is 0 Å². The maximum atomic E-state index is 5.48. The van der Waals surface area contributed by atoms with E-state index in [2.05, 4.69) is 26.8 Å². The van der Waals surface area contributed by atoms with Gasteiger partial charge >= 0.3 is 0 Å². The van der Waals surface area contributed by atoms with Crippen LogP contribution in [0.15, 0.2) is 29.9 Å². The summed E-state index contributed by atoms with van der Waals surface area (Å²) in [6, 6.07) is 4.19. The first-order chi connectivity index (χ1) is 6.90. The minimum Gasteiger partial charge on any atom is -0.347 e. The Morgan fingerprint density at radius 3 is 3.14 bits per heavy atom. The summed E-state index contributed by atoms with van der Waals surface area (Å²) in [7, 11) is 0. The van der Waals surface area contributed by atoms with Crippen molar-refractivity contribution in [3.05, 3.63) is 40.6 Å². The molecule has 0 spiro atoms. The number of nitrogens with one attached hydrogen (secondary N) is 2. The van der Waals surface area contributed by atoms with E-state index < -0.39 is 0 Å². The number of H-pyrrole nitrogens is 1. The molecule has 0 saturated heterocycles. The molecule has 2 aromatic heterocycles. The molecule has 2 aromatic rings. The lowest BCUT2D eigenvalue weighted by Crippen LogP contribution is -2.30. The number of aromatic amines is 1. The number of aromatic nitrogens is 2. The third-order valence-corrected chi connectivity index (χ3v) is 2.93. The highest BCUT2D eigenvalue weighted by molar-refractivity contribution is 7.09. The average Bonchev–Trinajstić information content (AvgIpc) is 2.86. The van der Waals surface area contributed by atoms with E-state index in [1.54, 1.807) is 23.7 Å². The van der Waals surface area contributed by atoms with Gasteiger partial charge in [0.1, 0.15) is 5.82 Å². The highest BCUT2D eigenvalue weighted by atomic mass is 32.1. The summed E-state index contributed by atoms with van der Waals surface area (Å²) >= 11 is 1.73. The Morgan fingerprint density at radius 1 is 1.64 bits per heavy atom.